The van der Waals surface area contributed by atoms with Crippen molar-refractivity contribution in [3.63, 3.8) is 0 Å². The number of aromatic nitrogens is 2. The van der Waals surface area contributed by atoms with E-state index in [1.807, 2.05) is 41.2 Å². The Hall–Kier alpha value is -2.57. The molecule has 4 rings (SSSR count). The van der Waals surface area contributed by atoms with Crippen LogP contribution in [-0.4, -0.2) is 46.4 Å². The second kappa shape index (κ2) is 11.7. The van der Waals surface area contributed by atoms with Gasteiger partial charge in [-0.3, -0.25) is 9.13 Å². The first-order chi connectivity index (χ1) is 17.3. The number of likely N-dealkylation sites (tertiary alicyclic amines) is 1. The van der Waals surface area contributed by atoms with E-state index < -0.39 is 0 Å². The first-order valence-electron chi connectivity index (χ1n) is 13.6. The topological polar surface area (TPSA) is 48.6 Å². The lowest BCUT2D eigenvalue weighted by Gasteiger charge is -2.34. The standard InChI is InChI=1S/C30H43N3O3/c1-7-35-24(6)32-26-10-8-9-11-27(26)33(30(32)34)25-14-17-31(18-15-25)19-16-28(21(2)3)36-29-20-22(4)12-13-23(29)5/h8-13,20-21,24-25,28H,7,14-19H2,1-6H3. The fourth-order valence-electron chi connectivity index (χ4n) is 5.45. The molecular weight excluding hydrogens is 450 g/mol. The van der Waals surface area contributed by atoms with Crippen LogP contribution >= 0.6 is 0 Å². The average Bonchev–Trinajstić information content (AvgIpc) is 3.15. The highest BCUT2D eigenvalue weighted by atomic mass is 16.5. The number of para-hydroxylation sites is 2. The van der Waals surface area contributed by atoms with Gasteiger partial charge in [0.2, 0.25) is 0 Å². The van der Waals surface area contributed by atoms with Gasteiger partial charge in [0.1, 0.15) is 18.1 Å². The molecule has 2 aromatic carbocycles. The molecule has 0 aliphatic carbocycles. The number of aryl methyl sites for hydroxylation is 2. The normalized spacial score (nSPS) is 17.1. The van der Waals surface area contributed by atoms with Crippen molar-refractivity contribution in [2.45, 2.75) is 79.2 Å². The van der Waals surface area contributed by atoms with Gasteiger partial charge >= 0.3 is 5.69 Å². The molecule has 6 nitrogen and oxygen atoms in total. The number of ether oxygens (including phenoxy) is 2. The van der Waals surface area contributed by atoms with Crippen LogP contribution in [0.25, 0.3) is 11.0 Å². The summed E-state index contributed by atoms with van der Waals surface area (Å²) in [6.07, 6.45) is 2.85. The molecule has 1 aliphatic rings. The smallest absolute Gasteiger partial charge is 0.331 e. The molecule has 0 spiro atoms. The Balaban J connectivity index is 1.41. The lowest BCUT2D eigenvalue weighted by molar-refractivity contribution is 0.0245. The third-order valence-electron chi connectivity index (χ3n) is 7.60. The Morgan fingerprint density at radius 2 is 1.69 bits per heavy atom. The quantitative estimate of drug-likeness (QED) is 0.342. The Morgan fingerprint density at radius 1 is 1.00 bits per heavy atom. The van der Waals surface area contributed by atoms with E-state index in [1.54, 1.807) is 0 Å². The maximum absolute atomic E-state index is 13.5. The highest BCUT2D eigenvalue weighted by molar-refractivity contribution is 5.76. The van der Waals surface area contributed by atoms with Crippen LogP contribution in [0, 0.1) is 19.8 Å². The second-order valence-electron chi connectivity index (χ2n) is 10.6. The minimum atomic E-state index is -0.279. The van der Waals surface area contributed by atoms with Gasteiger partial charge in [-0.2, -0.15) is 0 Å². The number of fused-ring (bicyclic) bond motifs is 1. The third kappa shape index (κ3) is 5.70. The van der Waals surface area contributed by atoms with Crippen LogP contribution in [0.3, 0.4) is 0 Å². The number of benzene rings is 2. The fraction of sp³-hybridized carbons (Fsp3) is 0.567. The van der Waals surface area contributed by atoms with Crippen LogP contribution in [0.15, 0.2) is 47.3 Å². The largest absolute Gasteiger partial charge is 0.490 e. The van der Waals surface area contributed by atoms with Crippen molar-refractivity contribution in [1.82, 2.24) is 14.0 Å². The molecule has 6 heteroatoms. The highest BCUT2D eigenvalue weighted by Crippen LogP contribution is 2.28. The number of hydrogen-bond donors (Lipinski definition) is 0. The van der Waals surface area contributed by atoms with E-state index in [1.165, 1.54) is 11.1 Å². The number of nitrogens with zero attached hydrogens (tertiary/aromatic N) is 3. The molecule has 3 aromatic rings. The maximum atomic E-state index is 13.5. The van der Waals surface area contributed by atoms with Crippen LogP contribution in [0.2, 0.25) is 0 Å². The summed E-state index contributed by atoms with van der Waals surface area (Å²) in [4.78, 5) is 16.0. The minimum Gasteiger partial charge on any atom is -0.490 e. The Bertz CT molecular complexity index is 1200. The average molecular weight is 494 g/mol. The van der Waals surface area contributed by atoms with Gasteiger partial charge in [0, 0.05) is 32.3 Å². The molecule has 1 saturated heterocycles. The summed E-state index contributed by atoms with van der Waals surface area (Å²) in [6, 6.07) is 14.7. The van der Waals surface area contributed by atoms with Gasteiger partial charge in [0.15, 0.2) is 0 Å². The molecule has 1 aromatic heterocycles. The zero-order valence-corrected chi connectivity index (χ0v) is 22.9. The van der Waals surface area contributed by atoms with Crippen LogP contribution in [-0.2, 0) is 4.74 Å². The van der Waals surface area contributed by atoms with Crippen molar-refractivity contribution in [3.8, 4) is 5.75 Å². The molecular formula is C30H43N3O3. The summed E-state index contributed by atoms with van der Waals surface area (Å²) >= 11 is 0. The van der Waals surface area contributed by atoms with Crippen LogP contribution in [0.5, 0.6) is 5.75 Å². The van der Waals surface area contributed by atoms with E-state index in [0.29, 0.717) is 12.5 Å². The van der Waals surface area contributed by atoms with Crippen molar-refractivity contribution in [2.24, 2.45) is 5.92 Å². The number of piperidine rings is 1. The molecule has 0 N–H and O–H groups in total. The van der Waals surface area contributed by atoms with Crippen LogP contribution in [0.1, 0.15) is 70.4 Å². The van der Waals surface area contributed by atoms with E-state index >= 15 is 0 Å². The summed E-state index contributed by atoms with van der Waals surface area (Å²) in [7, 11) is 0. The maximum Gasteiger partial charge on any atom is 0.331 e. The molecule has 2 heterocycles. The van der Waals surface area contributed by atoms with E-state index in [9.17, 15) is 4.79 Å². The SMILES string of the molecule is CCOC(C)n1c(=O)n(C2CCN(CCC(Oc3cc(C)ccc3C)C(C)C)CC2)c2ccccc21. The monoisotopic (exact) mass is 493 g/mol. The molecule has 0 radical (unpaired) electrons. The van der Waals surface area contributed by atoms with E-state index in [2.05, 4.69) is 56.9 Å². The predicted molar refractivity (Wildman–Crippen MR) is 147 cm³/mol. The molecule has 2 atom stereocenters. The first kappa shape index (κ1) is 26.5. The van der Waals surface area contributed by atoms with Gasteiger partial charge in [-0.25, -0.2) is 4.79 Å². The predicted octanol–water partition coefficient (Wildman–Crippen LogP) is 6.11. The number of rotatable bonds is 10. The summed E-state index contributed by atoms with van der Waals surface area (Å²) in [6.45, 7) is 16.2. The van der Waals surface area contributed by atoms with Gasteiger partial charge in [0.25, 0.3) is 0 Å². The van der Waals surface area contributed by atoms with Crippen molar-refractivity contribution >= 4 is 11.0 Å². The lowest BCUT2D eigenvalue weighted by atomic mass is 10.0. The Morgan fingerprint density at radius 3 is 2.36 bits per heavy atom. The second-order valence-corrected chi connectivity index (χ2v) is 10.6. The Kier molecular flexibility index (Phi) is 8.58. The van der Waals surface area contributed by atoms with Gasteiger partial charge in [-0.05, 0) is 82.2 Å². The first-order valence-corrected chi connectivity index (χ1v) is 13.6. The summed E-state index contributed by atoms with van der Waals surface area (Å²) < 4.78 is 16.1. The van der Waals surface area contributed by atoms with E-state index in [-0.39, 0.29) is 24.1 Å². The van der Waals surface area contributed by atoms with Crippen molar-refractivity contribution in [2.75, 3.05) is 26.2 Å². The van der Waals surface area contributed by atoms with Gasteiger partial charge in [-0.1, -0.05) is 38.1 Å². The number of imidazole rings is 1. The third-order valence-corrected chi connectivity index (χ3v) is 7.60. The van der Waals surface area contributed by atoms with Gasteiger partial charge in [-0.15, -0.1) is 0 Å². The summed E-state index contributed by atoms with van der Waals surface area (Å²) in [5.74, 6) is 1.45. The van der Waals surface area contributed by atoms with E-state index in [0.717, 1.165) is 55.7 Å². The molecule has 0 saturated carbocycles. The van der Waals surface area contributed by atoms with Crippen LogP contribution < -0.4 is 10.4 Å². The van der Waals surface area contributed by atoms with Crippen molar-refractivity contribution in [3.05, 3.63) is 64.1 Å². The Labute approximate surface area is 215 Å². The molecule has 0 bridgehead atoms. The number of hydrogen-bond acceptors (Lipinski definition) is 4. The molecule has 0 amide bonds. The van der Waals surface area contributed by atoms with Gasteiger partial charge < -0.3 is 14.4 Å². The lowest BCUT2D eigenvalue weighted by Crippen LogP contribution is -2.40. The van der Waals surface area contributed by atoms with Gasteiger partial charge in [0.05, 0.1) is 11.0 Å². The van der Waals surface area contributed by atoms with Crippen LogP contribution in [0.4, 0.5) is 0 Å². The van der Waals surface area contributed by atoms with Crippen molar-refractivity contribution < 1.29 is 9.47 Å². The minimum absolute atomic E-state index is 0.0393. The molecule has 196 valence electrons. The molecule has 1 fully saturated rings. The molecule has 36 heavy (non-hydrogen) atoms. The highest BCUT2D eigenvalue weighted by Gasteiger charge is 2.27. The fourth-order valence-corrected chi connectivity index (χ4v) is 5.45. The zero-order chi connectivity index (χ0) is 25.8. The van der Waals surface area contributed by atoms with Crippen molar-refractivity contribution in [1.29, 1.82) is 0 Å². The van der Waals surface area contributed by atoms with E-state index in [4.69, 9.17) is 9.47 Å². The zero-order valence-electron chi connectivity index (χ0n) is 22.9. The summed E-state index contributed by atoms with van der Waals surface area (Å²) in [5, 5.41) is 0. The molecule has 2 unspecified atom stereocenters. The molecule has 1 aliphatic heterocycles. The summed E-state index contributed by atoms with van der Waals surface area (Å²) in [5.41, 5.74) is 4.42.